The van der Waals surface area contributed by atoms with Crippen molar-refractivity contribution >= 4 is 33.6 Å². The molecule has 1 unspecified atom stereocenters. The van der Waals surface area contributed by atoms with Crippen molar-refractivity contribution in [2.45, 2.75) is 25.7 Å². The van der Waals surface area contributed by atoms with Crippen LogP contribution in [-0.2, 0) is 19.5 Å². The van der Waals surface area contributed by atoms with E-state index in [1.165, 1.54) is 16.0 Å². The molecule has 0 radical (unpaired) electrons. The van der Waals surface area contributed by atoms with Gasteiger partial charge in [-0.1, -0.05) is 36.4 Å². The molecule has 1 atom stereocenters. The fourth-order valence-electron chi connectivity index (χ4n) is 3.74. The van der Waals surface area contributed by atoms with Crippen LogP contribution in [0.1, 0.15) is 37.4 Å². The SMILES string of the molecule is O=C1NC(c2cccs2)Nc2sc3c(c21)CCN(Cc1ccccc1)C3. The predicted octanol–water partition coefficient (Wildman–Crippen LogP) is 4.22. The molecule has 4 nitrogen and oxygen atoms in total. The van der Waals surface area contributed by atoms with Crippen LogP contribution in [0.15, 0.2) is 47.8 Å². The number of amides is 1. The largest absolute Gasteiger partial charge is 0.352 e. The van der Waals surface area contributed by atoms with E-state index in [4.69, 9.17) is 0 Å². The summed E-state index contributed by atoms with van der Waals surface area (Å²) < 4.78 is 0. The van der Waals surface area contributed by atoms with Crippen molar-refractivity contribution in [1.29, 1.82) is 0 Å². The van der Waals surface area contributed by atoms with Crippen LogP contribution >= 0.6 is 22.7 Å². The molecule has 0 saturated heterocycles. The Balaban J connectivity index is 1.39. The smallest absolute Gasteiger partial charge is 0.256 e. The zero-order chi connectivity index (χ0) is 17.5. The fraction of sp³-hybridized carbons (Fsp3) is 0.250. The third kappa shape index (κ3) is 2.84. The van der Waals surface area contributed by atoms with Gasteiger partial charge in [-0.2, -0.15) is 0 Å². The number of carbonyl (C=O) groups excluding carboxylic acids is 1. The van der Waals surface area contributed by atoms with Gasteiger partial charge in [0.05, 0.1) is 5.56 Å². The summed E-state index contributed by atoms with van der Waals surface area (Å²) in [5.74, 6) is 0.0613. The van der Waals surface area contributed by atoms with Crippen molar-refractivity contribution < 1.29 is 4.79 Å². The Morgan fingerprint density at radius 1 is 1.12 bits per heavy atom. The van der Waals surface area contributed by atoms with Crippen LogP contribution in [0, 0.1) is 0 Å². The third-order valence-electron chi connectivity index (χ3n) is 4.99. The van der Waals surface area contributed by atoms with Crippen molar-refractivity contribution in [3.8, 4) is 0 Å². The van der Waals surface area contributed by atoms with Crippen LogP contribution in [-0.4, -0.2) is 17.4 Å². The van der Waals surface area contributed by atoms with E-state index in [9.17, 15) is 4.79 Å². The van der Waals surface area contributed by atoms with Crippen LogP contribution in [0.4, 0.5) is 5.00 Å². The molecule has 26 heavy (non-hydrogen) atoms. The van der Waals surface area contributed by atoms with E-state index < -0.39 is 0 Å². The van der Waals surface area contributed by atoms with Crippen molar-refractivity contribution in [1.82, 2.24) is 10.2 Å². The van der Waals surface area contributed by atoms with Crippen LogP contribution in [0.5, 0.6) is 0 Å². The minimum absolute atomic E-state index is 0.0613. The number of rotatable bonds is 3. The molecule has 0 spiro atoms. The summed E-state index contributed by atoms with van der Waals surface area (Å²) in [4.78, 5) is 17.7. The molecule has 6 heteroatoms. The molecule has 0 bridgehead atoms. The molecular weight excluding hydrogens is 362 g/mol. The monoisotopic (exact) mass is 381 g/mol. The lowest BCUT2D eigenvalue weighted by Crippen LogP contribution is -2.38. The second-order valence-corrected chi connectivity index (χ2v) is 8.80. The maximum absolute atomic E-state index is 12.7. The molecule has 1 aromatic carbocycles. The van der Waals surface area contributed by atoms with Crippen molar-refractivity contribution in [2.75, 3.05) is 11.9 Å². The zero-order valence-electron chi connectivity index (χ0n) is 14.2. The van der Waals surface area contributed by atoms with E-state index in [-0.39, 0.29) is 12.1 Å². The topological polar surface area (TPSA) is 44.4 Å². The minimum atomic E-state index is -0.115. The Labute approximate surface area is 160 Å². The second-order valence-electron chi connectivity index (χ2n) is 6.72. The number of thiophene rings is 2. The number of benzene rings is 1. The van der Waals surface area contributed by atoms with Crippen LogP contribution in [0.25, 0.3) is 0 Å². The fourth-order valence-corrected chi connectivity index (χ4v) is 5.78. The molecule has 3 aromatic rings. The Kier molecular flexibility index (Phi) is 4.04. The van der Waals surface area contributed by atoms with E-state index in [1.807, 2.05) is 11.4 Å². The van der Waals surface area contributed by atoms with Crippen LogP contribution in [0.2, 0.25) is 0 Å². The number of carbonyl (C=O) groups is 1. The summed E-state index contributed by atoms with van der Waals surface area (Å²) in [6, 6.07) is 14.7. The van der Waals surface area contributed by atoms with Gasteiger partial charge in [-0.3, -0.25) is 9.69 Å². The van der Waals surface area contributed by atoms with E-state index >= 15 is 0 Å². The lowest BCUT2D eigenvalue weighted by molar-refractivity contribution is 0.0935. The molecular formula is C20H19N3OS2. The predicted molar refractivity (Wildman–Crippen MR) is 107 cm³/mol. The molecule has 4 heterocycles. The lowest BCUT2D eigenvalue weighted by Gasteiger charge is -2.28. The molecule has 0 fully saturated rings. The zero-order valence-corrected chi connectivity index (χ0v) is 15.8. The molecule has 0 saturated carbocycles. The highest BCUT2D eigenvalue weighted by molar-refractivity contribution is 7.16. The summed E-state index contributed by atoms with van der Waals surface area (Å²) in [5, 5.41) is 9.71. The van der Waals surface area contributed by atoms with Crippen LogP contribution in [0.3, 0.4) is 0 Å². The van der Waals surface area contributed by atoms with E-state index in [2.05, 4.69) is 51.9 Å². The summed E-state index contributed by atoms with van der Waals surface area (Å²) in [6.45, 7) is 2.87. The summed E-state index contributed by atoms with van der Waals surface area (Å²) in [7, 11) is 0. The van der Waals surface area contributed by atoms with Gasteiger partial charge in [-0.05, 0) is 29.0 Å². The number of hydrogen-bond acceptors (Lipinski definition) is 5. The maximum atomic E-state index is 12.7. The van der Waals surface area contributed by atoms with Gasteiger partial charge in [0.2, 0.25) is 0 Å². The lowest BCUT2D eigenvalue weighted by atomic mass is 10.0. The Morgan fingerprint density at radius 3 is 2.81 bits per heavy atom. The number of nitrogens with zero attached hydrogens (tertiary/aromatic N) is 1. The van der Waals surface area contributed by atoms with Gasteiger partial charge in [0.15, 0.2) is 0 Å². The highest BCUT2D eigenvalue weighted by Crippen LogP contribution is 2.41. The molecule has 2 aromatic heterocycles. The highest BCUT2D eigenvalue weighted by Gasteiger charge is 2.33. The van der Waals surface area contributed by atoms with Gasteiger partial charge in [0.1, 0.15) is 11.2 Å². The molecule has 0 aliphatic carbocycles. The summed E-state index contributed by atoms with van der Waals surface area (Å²) >= 11 is 3.41. The van der Waals surface area contributed by atoms with Gasteiger partial charge in [0.25, 0.3) is 5.91 Å². The maximum Gasteiger partial charge on any atom is 0.256 e. The number of nitrogens with one attached hydrogen (secondary N) is 2. The molecule has 5 rings (SSSR count). The molecule has 132 valence electrons. The quantitative estimate of drug-likeness (QED) is 0.714. The molecule has 2 aliphatic heterocycles. The highest BCUT2D eigenvalue weighted by atomic mass is 32.1. The van der Waals surface area contributed by atoms with Gasteiger partial charge in [-0.15, -0.1) is 22.7 Å². The average Bonchev–Trinajstić information content (AvgIpc) is 3.30. The average molecular weight is 382 g/mol. The molecule has 1 amide bonds. The van der Waals surface area contributed by atoms with Crippen molar-refractivity contribution in [2.24, 2.45) is 0 Å². The first kappa shape index (κ1) is 16.1. The number of fused-ring (bicyclic) bond motifs is 3. The molecule has 2 N–H and O–H groups in total. The van der Waals surface area contributed by atoms with Gasteiger partial charge >= 0.3 is 0 Å². The summed E-state index contributed by atoms with van der Waals surface area (Å²) in [6.07, 6.45) is 0.822. The van der Waals surface area contributed by atoms with E-state index in [0.717, 1.165) is 41.5 Å². The number of hydrogen-bond donors (Lipinski definition) is 2. The van der Waals surface area contributed by atoms with Gasteiger partial charge < -0.3 is 10.6 Å². The first-order valence-corrected chi connectivity index (χ1v) is 10.5. The molecule has 2 aliphatic rings. The van der Waals surface area contributed by atoms with Gasteiger partial charge in [0, 0.05) is 29.4 Å². The van der Waals surface area contributed by atoms with E-state index in [1.54, 1.807) is 22.7 Å². The third-order valence-corrected chi connectivity index (χ3v) is 7.08. The summed E-state index contributed by atoms with van der Waals surface area (Å²) in [5.41, 5.74) is 3.45. The second kappa shape index (κ2) is 6.54. The Hall–Kier alpha value is -2.15. The van der Waals surface area contributed by atoms with Gasteiger partial charge in [-0.25, -0.2) is 0 Å². The minimum Gasteiger partial charge on any atom is -0.352 e. The first-order valence-electron chi connectivity index (χ1n) is 8.79. The van der Waals surface area contributed by atoms with Crippen molar-refractivity contribution in [3.63, 3.8) is 0 Å². The van der Waals surface area contributed by atoms with Crippen molar-refractivity contribution in [3.05, 3.63) is 74.3 Å². The first-order chi connectivity index (χ1) is 12.8. The van der Waals surface area contributed by atoms with E-state index in [0.29, 0.717) is 0 Å². The standard InChI is InChI=1S/C20H19N3OS2/c24-19-17-14-8-9-23(11-13-5-2-1-3-6-13)12-16(14)26-20(17)22-18(21-19)15-7-4-10-25-15/h1-7,10,18,22H,8-9,11-12H2,(H,21,24). The Bertz CT molecular complexity index is 934. The normalized spacial score (nSPS) is 19.4. The Morgan fingerprint density at radius 2 is 2.00 bits per heavy atom. The number of anilines is 1. The van der Waals surface area contributed by atoms with Crippen LogP contribution < -0.4 is 10.6 Å².